The van der Waals surface area contributed by atoms with Gasteiger partial charge in [-0.05, 0) is 12.8 Å². The Morgan fingerprint density at radius 1 is 1.11 bits per heavy atom. The molecule has 3 nitrogen and oxygen atoms in total. The smallest absolute Gasteiger partial charge is 0.236 e. The summed E-state index contributed by atoms with van der Waals surface area (Å²) >= 11 is 0. The van der Waals surface area contributed by atoms with Gasteiger partial charge in [0, 0.05) is 19.6 Å². The van der Waals surface area contributed by atoms with E-state index in [2.05, 4.69) is 25.7 Å². The third kappa shape index (κ3) is 9.23. The van der Waals surface area contributed by atoms with E-state index in [0.29, 0.717) is 13.1 Å². The lowest BCUT2D eigenvalue weighted by Crippen LogP contribution is -2.39. The van der Waals surface area contributed by atoms with Gasteiger partial charge in [0.2, 0.25) is 5.91 Å². The molecule has 0 aromatic carbocycles. The zero-order valence-corrected chi connectivity index (χ0v) is 12.2. The molecule has 0 aliphatic rings. The number of nitrogens with zero attached hydrogens (tertiary/aromatic N) is 1. The van der Waals surface area contributed by atoms with Crippen LogP contribution < -0.4 is 5.32 Å². The molecule has 0 bridgehead atoms. The Labute approximate surface area is 113 Å². The minimum atomic E-state index is 0.226. The second kappa shape index (κ2) is 12.6. The summed E-state index contributed by atoms with van der Waals surface area (Å²) in [6.45, 7) is 11.0. The molecule has 18 heavy (non-hydrogen) atoms. The molecule has 0 aromatic rings. The quantitative estimate of drug-likeness (QED) is 0.429. The van der Waals surface area contributed by atoms with Gasteiger partial charge in [0.25, 0.3) is 0 Å². The lowest BCUT2D eigenvalue weighted by molar-refractivity contribution is -0.130. The molecule has 106 valence electrons. The number of amides is 1. The van der Waals surface area contributed by atoms with Crippen LogP contribution in [-0.4, -0.2) is 37.0 Å². The van der Waals surface area contributed by atoms with Gasteiger partial charge in [0.1, 0.15) is 0 Å². The molecule has 1 amide bonds. The van der Waals surface area contributed by atoms with Crippen LogP contribution in [-0.2, 0) is 4.79 Å². The third-order valence-corrected chi connectivity index (χ3v) is 2.98. The third-order valence-electron chi connectivity index (χ3n) is 2.98. The Hall–Kier alpha value is -0.830. The van der Waals surface area contributed by atoms with Crippen LogP contribution in [0.4, 0.5) is 0 Å². The molecule has 0 saturated heterocycles. The molecular weight excluding hydrogens is 224 g/mol. The molecule has 0 radical (unpaired) electrons. The summed E-state index contributed by atoms with van der Waals surface area (Å²) < 4.78 is 0. The summed E-state index contributed by atoms with van der Waals surface area (Å²) in [4.78, 5) is 14.1. The zero-order chi connectivity index (χ0) is 13.6. The number of hydrogen-bond acceptors (Lipinski definition) is 2. The molecular formula is C15H30N2O. The topological polar surface area (TPSA) is 32.3 Å². The van der Waals surface area contributed by atoms with Crippen LogP contribution in [0.25, 0.3) is 0 Å². The summed E-state index contributed by atoms with van der Waals surface area (Å²) in [5.41, 5.74) is 0. The molecule has 0 heterocycles. The lowest BCUT2D eigenvalue weighted by atomic mass is 10.2. The number of carbonyl (C=O) groups is 1. The van der Waals surface area contributed by atoms with E-state index in [4.69, 9.17) is 0 Å². The van der Waals surface area contributed by atoms with Gasteiger partial charge >= 0.3 is 0 Å². The van der Waals surface area contributed by atoms with Crippen molar-refractivity contribution in [3.8, 4) is 0 Å². The van der Waals surface area contributed by atoms with Crippen LogP contribution >= 0.6 is 0 Å². The molecule has 0 aliphatic carbocycles. The monoisotopic (exact) mass is 254 g/mol. The van der Waals surface area contributed by atoms with Crippen molar-refractivity contribution in [2.45, 2.75) is 52.4 Å². The van der Waals surface area contributed by atoms with E-state index in [-0.39, 0.29) is 5.91 Å². The summed E-state index contributed by atoms with van der Waals surface area (Å²) in [6.07, 6.45) is 8.84. The molecule has 0 unspecified atom stereocenters. The van der Waals surface area contributed by atoms with Crippen molar-refractivity contribution in [1.29, 1.82) is 0 Å². The average Bonchev–Trinajstić information content (AvgIpc) is 2.37. The Morgan fingerprint density at radius 3 is 2.11 bits per heavy atom. The Kier molecular flexibility index (Phi) is 12.0. The fourth-order valence-electron chi connectivity index (χ4n) is 1.86. The molecule has 3 heteroatoms. The van der Waals surface area contributed by atoms with Crippen molar-refractivity contribution in [3.63, 3.8) is 0 Å². The van der Waals surface area contributed by atoms with E-state index < -0.39 is 0 Å². The molecule has 0 spiro atoms. The fraction of sp³-hybridized carbons (Fsp3) is 0.800. The lowest BCUT2D eigenvalue weighted by Gasteiger charge is -2.23. The highest BCUT2D eigenvalue weighted by Crippen LogP contribution is 2.03. The minimum Gasteiger partial charge on any atom is -0.342 e. The van der Waals surface area contributed by atoms with Crippen LogP contribution in [0.15, 0.2) is 12.7 Å². The number of unbranched alkanes of at least 4 members (excludes halogenated alkanes) is 4. The van der Waals surface area contributed by atoms with Gasteiger partial charge in [0.05, 0.1) is 6.54 Å². The SMILES string of the molecule is C=CCNCC(=O)N(CCCCC)CCCCC. The van der Waals surface area contributed by atoms with Gasteiger partial charge in [-0.2, -0.15) is 0 Å². The van der Waals surface area contributed by atoms with Crippen LogP contribution in [0.5, 0.6) is 0 Å². The first kappa shape index (κ1) is 17.2. The van der Waals surface area contributed by atoms with Gasteiger partial charge < -0.3 is 10.2 Å². The first-order valence-corrected chi connectivity index (χ1v) is 7.35. The van der Waals surface area contributed by atoms with Crippen molar-refractivity contribution in [3.05, 3.63) is 12.7 Å². The van der Waals surface area contributed by atoms with Gasteiger partial charge in [-0.1, -0.05) is 45.6 Å². The minimum absolute atomic E-state index is 0.226. The predicted octanol–water partition coefficient (Wildman–Crippen LogP) is 2.97. The maximum absolute atomic E-state index is 12.0. The van der Waals surface area contributed by atoms with Crippen LogP contribution in [0, 0.1) is 0 Å². The molecule has 0 saturated carbocycles. The van der Waals surface area contributed by atoms with Crippen molar-refractivity contribution in [1.82, 2.24) is 10.2 Å². The van der Waals surface area contributed by atoms with Crippen molar-refractivity contribution < 1.29 is 4.79 Å². The van der Waals surface area contributed by atoms with Crippen LogP contribution in [0.1, 0.15) is 52.4 Å². The highest BCUT2D eigenvalue weighted by Gasteiger charge is 2.11. The molecule has 0 atom stereocenters. The Balaban J connectivity index is 3.98. The molecule has 0 aromatic heterocycles. The van der Waals surface area contributed by atoms with Crippen LogP contribution in [0.2, 0.25) is 0 Å². The van der Waals surface area contributed by atoms with Crippen LogP contribution in [0.3, 0.4) is 0 Å². The Bertz CT molecular complexity index is 207. The normalized spacial score (nSPS) is 10.3. The van der Waals surface area contributed by atoms with E-state index in [9.17, 15) is 4.79 Å². The number of carbonyl (C=O) groups excluding carboxylic acids is 1. The molecule has 0 rings (SSSR count). The first-order chi connectivity index (χ1) is 8.76. The first-order valence-electron chi connectivity index (χ1n) is 7.35. The molecule has 0 fully saturated rings. The second-order valence-corrected chi connectivity index (χ2v) is 4.71. The second-order valence-electron chi connectivity index (χ2n) is 4.71. The highest BCUT2D eigenvalue weighted by molar-refractivity contribution is 5.78. The maximum Gasteiger partial charge on any atom is 0.236 e. The van der Waals surface area contributed by atoms with Gasteiger partial charge in [-0.3, -0.25) is 4.79 Å². The fourth-order valence-corrected chi connectivity index (χ4v) is 1.86. The highest BCUT2D eigenvalue weighted by atomic mass is 16.2. The largest absolute Gasteiger partial charge is 0.342 e. The summed E-state index contributed by atoms with van der Waals surface area (Å²) in [7, 11) is 0. The van der Waals surface area contributed by atoms with Crippen molar-refractivity contribution in [2.75, 3.05) is 26.2 Å². The molecule has 1 N–H and O–H groups in total. The number of nitrogens with one attached hydrogen (secondary N) is 1. The van der Waals surface area contributed by atoms with E-state index in [1.54, 1.807) is 6.08 Å². The van der Waals surface area contributed by atoms with E-state index in [1.807, 2.05) is 4.90 Å². The zero-order valence-electron chi connectivity index (χ0n) is 12.2. The van der Waals surface area contributed by atoms with E-state index in [1.165, 1.54) is 25.7 Å². The van der Waals surface area contributed by atoms with Gasteiger partial charge in [-0.15, -0.1) is 6.58 Å². The van der Waals surface area contributed by atoms with E-state index >= 15 is 0 Å². The number of hydrogen-bond donors (Lipinski definition) is 1. The van der Waals surface area contributed by atoms with Crippen molar-refractivity contribution in [2.24, 2.45) is 0 Å². The molecule has 0 aliphatic heterocycles. The van der Waals surface area contributed by atoms with Gasteiger partial charge in [-0.25, -0.2) is 0 Å². The standard InChI is InChI=1S/C15H30N2O/c1-4-7-9-12-17(13-10-8-5-2)15(18)14-16-11-6-3/h6,16H,3-5,7-14H2,1-2H3. The van der Waals surface area contributed by atoms with E-state index in [0.717, 1.165) is 25.9 Å². The predicted molar refractivity (Wildman–Crippen MR) is 78.7 cm³/mol. The summed E-state index contributed by atoms with van der Waals surface area (Å²) in [5.74, 6) is 0.226. The summed E-state index contributed by atoms with van der Waals surface area (Å²) in [6, 6.07) is 0. The maximum atomic E-state index is 12.0. The summed E-state index contributed by atoms with van der Waals surface area (Å²) in [5, 5.41) is 3.09. The Morgan fingerprint density at radius 2 is 1.67 bits per heavy atom. The van der Waals surface area contributed by atoms with Gasteiger partial charge in [0.15, 0.2) is 0 Å². The van der Waals surface area contributed by atoms with Crippen molar-refractivity contribution >= 4 is 5.91 Å². The average molecular weight is 254 g/mol. The number of rotatable bonds is 12.